The van der Waals surface area contributed by atoms with Crippen molar-refractivity contribution in [3.05, 3.63) is 35.5 Å². The monoisotopic (exact) mass is 173 g/mol. The summed E-state index contributed by atoms with van der Waals surface area (Å²) in [5, 5.41) is 1.36. The van der Waals surface area contributed by atoms with E-state index in [0.29, 0.717) is 0 Å². The van der Waals surface area contributed by atoms with Gasteiger partial charge in [-0.15, -0.1) is 0 Å². The molecule has 0 unspecified atom stereocenters. The molecule has 0 N–H and O–H groups in total. The topological polar surface area (TPSA) is 4.93 Å². The number of benzene rings is 1. The highest BCUT2D eigenvalue weighted by Crippen LogP contribution is 2.22. The molecule has 0 fully saturated rings. The summed E-state index contributed by atoms with van der Waals surface area (Å²) in [6, 6.07) is 8.73. The zero-order valence-corrected chi connectivity index (χ0v) is 8.46. The minimum atomic E-state index is 1.06. The maximum absolute atomic E-state index is 2.37. The van der Waals surface area contributed by atoms with Gasteiger partial charge in [0.1, 0.15) is 0 Å². The van der Waals surface area contributed by atoms with Crippen molar-refractivity contribution in [1.29, 1.82) is 0 Å². The lowest BCUT2D eigenvalue weighted by molar-refractivity contribution is 0.768. The predicted molar refractivity (Wildman–Crippen MR) is 57.1 cm³/mol. The molecule has 0 aliphatic carbocycles. The first kappa shape index (κ1) is 8.36. The summed E-state index contributed by atoms with van der Waals surface area (Å²) in [6.45, 7) is 7.59. The Balaban J connectivity index is 2.88. The molecule has 68 valence electrons. The molecule has 0 amide bonds. The zero-order chi connectivity index (χ0) is 9.42. The van der Waals surface area contributed by atoms with Gasteiger partial charge in [-0.3, -0.25) is 0 Å². The van der Waals surface area contributed by atoms with Gasteiger partial charge in [0, 0.05) is 17.6 Å². The Labute approximate surface area is 79.0 Å². The van der Waals surface area contributed by atoms with Crippen molar-refractivity contribution in [2.45, 2.75) is 27.3 Å². The molecule has 0 atom stereocenters. The smallest absolute Gasteiger partial charge is 0.0511 e. The number of para-hydroxylation sites is 1. The van der Waals surface area contributed by atoms with E-state index in [1.165, 1.54) is 22.2 Å². The molecule has 0 saturated heterocycles. The third-order valence-electron chi connectivity index (χ3n) is 2.65. The van der Waals surface area contributed by atoms with Gasteiger partial charge in [0.25, 0.3) is 0 Å². The molecule has 1 aromatic heterocycles. The number of rotatable bonds is 1. The van der Waals surface area contributed by atoms with Crippen molar-refractivity contribution in [3.8, 4) is 0 Å². The van der Waals surface area contributed by atoms with Crippen LogP contribution in [0, 0.1) is 13.8 Å². The number of fused-ring (bicyclic) bond motifs is 1. The first-order chi connectivity index (χ1) is 6.24. The summed E-state index contributed by atoms with van der Waals surface area (Å²) in [6.07, 6.45) is 0. The molecule has 13 heavy (non-hydrogen) atoms. The minimum Gasteiger partial charge on any atom is -0.345 e. The van der Waals surface area contributed by atoms with Gasteiger partial charge >= 0.3 is 0 Å². The maximum Gasteiger partial charge on any atom is 0.0511 e. The highest BCUT2D eigenvalue weighted by atomic mass is 15.0. The Bertz CT molecular complexity index is 438. The largest absolute Gasteiger partial charge is 0.345 e. The van der Waals surface area contributed by atoms with Crippen LogP contribution in [-0.4, -0.2) is 4.57 Å². The zero-order valence-electron chi connectivity index (χ0n) is 8.46. The molecular formula is C12H15N. The van der Waals surface area contributed by atoms with Gasteiger partial charge in [-0.2, -0.15) is 0 Å². The molecular weight excluding hydrogens is 158 g/mol. The average Bonchev–Trinajstić information content (AvgIpc) is 2.42. The normalized spacial score (nSPS) is 11.0. The van der Waals surface area contributed by atoms with E-state index in [4.69, 9.17) is 0 Å². The van der Waals surface area contributed by atoms with Crippen LogP contribution in [0.3, 0.4) is 0 Å². The molecule has 1 aromatic carbocycles. The van der Waals surface area contributed by atoms with E-state index in [9.17, 15) is 0 Å². The van der Waals surface area contributed by atoms with Gasteiger partial charge in [-0.05, 0) is 32.4 Å². The van der Waals surface area contributed by atoms with Crippen LogP contribution in [0.2, 0.25) is 0 Å². The van der Waals surface area contributed by atoms with Gasteiger partial charge < -0.3 is 4.57 Å². The third-order valence-corrected chi connectivity index (χ3v) is 2.65. The fourth-order valence-electron chi connectivity index (χ4n) is 2.05. The van der Waals surface area contributed by atoms with Gasteiger partial charge in [0.2, 0.25) is 0 Å². The molecule has 0 aliphatic heterocycles. The second kappa shape index (κ2) is 2.91. The maximum atomic E-state index is 2.37. The van der Waals surface area contributed by atoms with Crippen molar-refractivity contribution < 1.29 is 0 Å². The second-order valence-corrected chi connectivity index (χ2v) is 3.54. The van der Waals surface area contributed by atoms with E-state index in [1.54, 1.807) is 0 Å². The van der Waals surface area contributed by atoms with Crippen molar-refractivity contribution in [2.24, 2.45) is 0 Å². The van der Waals surface area contributed by atoms with Crippen molar-refractivity contribution >= 4 is 10.9 Å². The number of nitrogens with zero attached hydrogens (tertiary/aromatic N) is 1. The number of aromatic nitrogens is 1. The van der Waals surface area contributed by atoms with Crippen LogP contribution in [0.5, 0.6) is 0 Å². The Morgan fingerprint density at radius 2 is 2.00 bits per heavy atom. The average molecular weight is 173 g/mol. The van der Waals surface area contributed by atoms with E-state index in [0.717, 1.165) is 6.54 Å². The Hall–Kier alpha value is -1.24. The third kappa shape index (κ3) is 1.15. The van der Waals surface area contributed by atoms with Gasteiger partial charge in [0.05, 0.1) is 5.52 Å². The van der Waals surface area contributed by atoms with Crippen molar-refractivity contribution in [2.75, 3.05) is 0 Å². The second-order valence-electron chi connectivity index (χ2n) is 3.54. The molecule has 0 spiro atoms. The molecule has 0 aliphatic rings. The Morgan fingerprint density at radius 3 is 2.69 bits per heavy atom. The summed E-state index contributed by atoms with van der Waals surface area (Å²) < 4.78 is 2.37. The van der Waals surface area contributed by atoms with E-state index < -0.39 is 0 Å². The van der Waals surface area contributed by atoms with E-state index >= 15 is 0 Å². The van der Waals surface area contributed by atoms with Gasteiger partial charge in [0.15, 0.2) is 0 Å². The van der Waals surface area contributed by atoms with Crippen molar-refractivity contribution in [3.63, 3.8) is 0 Å². The highest BCUT2D eigenvalue weighted by molar-refractivity contribution is 5.84. The first-order valence-corrected chi connectivity index (χ1v) is 4.79. The summed E-state index contributed by atoms with van der Waals surface area (Å²) in [5.41, 5.74) is 4.11. The fourth-order valence-corrected chi connectivity index (χ4v) is 2.05. The van der Waals surface area contributed by atoms with Crippen LogP contribution in [0.25, 0.3) is 10.9 Å². The van der Waals surface area contributed by atoms with E-state index in [-0.39, 0.29) is 0 Å². The molecule has 2 rings (SSSR count). The van der Waals surface area contributed by atoms with Crippen molar-refractivity contribution in [1.82, 2.24) is 4.57 Å². The van der Waals surface area contributed by atoms with Crippen LogP contribution < -0.4 is 0 Å². The molecule has 0 radical (unpaired) electrons. The predicted octanol–water partition coefficient (Wildman–Crippen LogP) is 3.28. The van der Waals surface area contributed by atoms with E-state index in [2.05, 4.69) is 49.6 Å². The number of aryl methyl sites for hydroxylation is 3. The fraction of sp³-hybridized carbons (Fsp3) is 0.333. The summed E-state index contributed by atoms with van der Waals surface area (Å²) in [7, 11) is 0. The lowest BCUT2D eigenvalue weighted by Gasteiger charge is -2.05. The van der Waals surface area contributed by atoms with Gasteiger partial charge in [-0.1, -0.05) is 18.2 Å². The molecule has 1 heteroatoms. The highest BCUT2D eigenvalue weighted by Gasteiger charge is 2.04. The SMILES string of the molecule is CCn1c(C)cc2cccc(C)c21. The van der Waals surface area contributed by atoms with Crippen LogP contribution in [0.15, 0.2) is 24.3 Å². The molecule has 1 nitrogen and oxygen atoms in total. The van der Waals surface area contributed by atoms with Crippen LogP contribution in [0.4, 0.5) is 0 Å². The molecule has 1 heterocycles. The quantitative estimate of drug-likeness (QED) is 0.623. The molecule has 0 saturated carbocycles. The molecule has 0 bridgehead atoms. The Kier molecular flexibility index (Phi) is 1.87. The summed E-state index contributed by atoms with van der Waals surface area (Å²) in [4.78, 5) is 0. The number of hydrogen-bond donors (Lipinski definition) is 0. The van der Waals surface area contributed by atoms with Crippen LogP contribution in [0.1, 0.15) is 18.2 Å². The summed E-state index contributed by atoms with van der Waals surface area (Å²) >= 11 is 0. The summed E-state index contributed by atoms with van der Waals surface area (Å²) in [5.74, 6) is 0. The number of hydrogen-bond acceptors (Lipinski definition) is 0. The lowest BCUT2D eigenvalue weighted by Crippen LogP contribution is -1.96. The minimum absolute atomic E-state index is 1.06. The van der Waals surface area contributed by atoms with Crippen LogP contribution >= 0.6 is 0 Å². The standard InChI is InChI=1S/C12H15N/c1-4-13-10(3)8-11-7-5-6-9(2)12(11)13/h5-8H,4H2,1-3H3. The first-order valence-electron chi connectivity index (χ1n) is 4.79. The Morgan fingerprint density at radius 1 is 1.23 bits per heavy atom. The lowest BCUT2D eigenvalue weighted by atomic mass is 10.2. The van der Waals surface area contributed by atoms with E-state index in [1.807, 2.05) is 0 Å². The van der Waals surface area contributed by atoms with Gasteiger partial charge in [-0.25, -0.2) is 0 Å². The van der Waals surface area contributed by atoms with Crippen LogP contribution in [-0.2, 0) is 6.54 Å². The molecule has 2 aromatic rings.